The van der Waals surface area contributed by atoms with E-state index in [4.69, 9.17) is 14.8 Å². The molecule has 178 valence electrons. The number of carbonyl (C=O) groups excluding carboxylic acids is 1. The number of nitrogens with one attached hydrogen (secondary N) is 1. The molecule has 1 aliphatic heterocycles. The lowest BCUT2D eigenvalue weighted by Gasteiger charge is -2.23. The number of carboxylic acid groups (broad SMARTS) is 1. The van der Waals surface area contributed by atoms with E-state index in [0.717, 1.165) is 66.2 Å². The number of ketones is 1. The van der Waals surface area contributed by atoms with Crippen LogP contribution in [0.1, 0.15) is 58.3 Å². The lowest BCUT2D eigenvalue weighted by atomic mass is 10.00. The monoisotopic (exact) mass is 453 g/mol. The SMILES string of the molecule is C/C=C(\C=C(\C)C(=O)CC)c1nc2cc(CNC(C)C(=O)O)ccc2n1CC1CCOCC1. The molecule has 0 bridgehead atoms. The molecule has 2 heterocycles. The van der Waals surface area contributed by atoms with Gasteiger partial charge in [0.2, 0.25) is 0 Å². The fourth-order valence-corrected chi connectivity index (χ4v) is 4.11. The van der Waals surface area contributed by atoms with Crippen molar-refractivity contribution in [1.82, 2.24) is 14.9 Å². The van der Waals surface area contributed by atoms with Crippen molar-refractivity contribution in [1.29, 1.82) is 0 Å². The zero-order valence-corrected chi connectivity index (χ0v) is 20.1. The Hall–Kier alpha value is -2.77. The van der Waals surface area contributed by atoms with Gasteiger partial charge in [-0.15, -0.1) is 0 Å². The van der Waals surface area contributed by atoms with Crippen molar-refractivity contribution in [3.8, 4) is 0 Å². The van der Waals surface area contributed by atoms with E-state index in [1.807, 2.05) is 45.1 Å². The lowest BCUT2D eigenvalue weighted by Crippen LogP contribution is -2.33. The van der Waals surface area contributed by atoms with Crippen molar-refractivity contribution in [2.45, 2.75) is 66.1 Å². The molecule has 2 aromatic rings. The average Bonchev–Trinajstić information content (AvgIpc) is 3.17. The van der Waals surface area contributed by atoms with Gasteiger partial charge < -0.3 is 19.7 Å². The molecule has 7 nitrogen and oxygen atoms in total. The van der Waals surface area contributed by atoms with Crippen LogP contribution in [0.25, 0.3) is 16.6 Å². The molecular formula is C26H35N3O4. The number of Topliss-reactive ketones (excluding diaryl/α,β-unsaturated/α-hetero) is 1. The summed E-state index contributed by atoms with van der Waals surface area (Å²) in [7, 11) is 0. The predicted octanol–water partition coefficient (Wildman–Crippen LogP) is 4.35. The van der Waals surface area contributed by atoms with Crippen LogP contribution in [-0.4, -0.2) is 45.7 Å². The third kappa shape index (κ3) is 6.18. The lowest BCUT2D eigenvalue weighted by molar-refractivity contribution is -0.139. The molecule has 2 N–H and O–H groups in total. The molecule has 0 aliphatic carbocycles. The van der Waals surface area contributed by atoms with Crippen LogP contribution in [0.4, 0.5) is 0 Å². The molecule has 3 rings (SSSR count). The smallest absolute Gasteiger partial charge is 0.320 e. The fourth-order valence-electron chi connectivity index (χ4n) is 4.11. The van der Waals surface area contributed by atoms with Gasteiger partial charge in [-0.2, -0.15) is 0 Å². The van der Waals surface area contributed by atoms with Crippen LogP contribution in [0.3, 0.4) is 0 Å². The largest absolute Gasteiger partial charge is 0.480 e. The van der Waals surface area contributed by atoms with Crippen LogP contribution in [0, 0.1) is 5.92 Å². The third-order valence-corrected chi connectivity index (χ3v) is 6.28. The number of benzene rings is 1. The summed E-state index contributed by atoms with van der Waals surface area (Å²) >= 11 is 0. The van der Waals surface area contributed by atoms with Crippen molar-refractivity contribution in [3.05, 3.63) is 47.3 Å². The van der Waals surface area contributed by atoms with Crippen LogP contribution < -0.4 is 5.32 Å². The van der Waals surface area contributed by atoms with Crippen molar-refractivity contribution < 1.29 is 19.4 Å². The predicted molar refractivity (Wildman–Crippen MR) is 130 cm³/mol. The van der Waals surface area contributed by atoms with Gasteiger partial charge in [0.15, 0.2) is 5.78 Å². The highest BCUT2D eigenvalue weighted by molar-refractivity contribution is 5.97. The normalized spacial score (nSPS) is 16.8. The van der Waals surface area contributed by atoms with Crippen molar-refractivity contribution in [3.63, 3.8) is 0 Å². The van der Waals surface area contributed by atoms with Gasteiger partial charge in [0.05, 0.1) is 11.0 Å². The van der Waals surface area contributed by atoms with Gasteiger partial charge >= 0.3 is 5.97 Å². The number of aliphatic carboxylic acids is 1. The first-order chi connectivity index (χ1) is 15.8. The van der Waals surface area contributed by atoms with E-state index in [0.29, 0.717) is 18.9 Å². The quantitative estimate of drug-likeness (QED) is 0.410. The Morgan fingerprint density at radius 3 is 2.70 bits per heavy atom. The standard InChI is InChI=1S/C26H35N3O4/c1-5-21(13-17(3)24(30)6-2)25-28-22-14-20(15-27-18(4)26(31)32)7-8-23(22)29(25)16-19-9-11-33-12-10-19/h5,7-8,13-14,18-19,27H,6,9-12,15-16H2,1-4H3,(H,31,32)/b17-13-,21-5+. The van der Waals surface area contributed by atoms with Gasteiger partial charge in [0, 0.05) is 38.3 Å². The summed E-state index contributed by atoms with van der Waals surface area (Å²) in [5.74, 6) is 0.613. The molecule has 1 unspecified atom stereocenters. The topological polar surface area (TPSA) is 93.5 Å². The molecule has 1 saturated heterocycles. The first kappa shape index (κ1) is 24.9. The van der Waals surface area contributed by atoms with Crippen LogP contribution >= 0.6 is 0 Å². The van der Waals surface area contributed by atoms with Crippen LogP contribution in [-0.2, 0) is 27.4 Å². The minimum Gasteiger partial charge on any atom is -0.480 e. The maximum absolute atomic E-state index is 12.2. The number of imidazole rings is 1. The van der Waals surface area contributed by atoms with E-state index in [-0.39, 0.29) is 5.78 Å². The molecule has 33 heavy (non-hydrogen) atoms. The van der Waals surface area contributed by atoms with Gasteiger partial charge in [0.25, 0.3) is 0 Å². The number of aromatic nitrogens is 2. The number of allylic oxidation sites excluding steroid dienone is 4. The van der Waals surface area contributed by atoms with Gasteiger partial charge in [0.1, 0.15) is 11.9 Å². The molecule has 1 aromatic heterocycles. The summed E-state index contributed by atoms with van der Waals surface area (Å²) < 4.78 is 7.81. The number of hydrogen-bond acceptors (Lipinski definition) is 5. The van der Waals surface area contributed by atoms with Crippen molar-refractivity contribution in [2.75, 3.05) is 13.2 Å². The zero-order valence-electron chi connectivity index (χ0n) is 20.1. The van der Waals surface area contributed by atoms with Gasteiger partial charge in [-0.3, -0.25) is 9.59 Å². The zero-order chi connectivity index (χ0) is 24.0. The maximum atomic E-state index is 12.2. The number of carbonyl (C=O) groups is 2. The second-order valence-electron chi connectivity index (χ2n) is 8.71. The van der Waals surface area contributed by atoms with E-state index in [9.17, 15) is 9.59 Å². The highest BCUT2D eigenvalue weighted by Gasteiger charge is 2.20. The number of rotatable bonds is 10. The Morgan fingerprint density at radius 1 is 1.33 bits per heavy atom. The maximum Gasteiger partial charge on any atom is 0.320 e. The van der Waals surface area contributed by atoms with E-state index in [1.54, 1.807) is 6.92 Å². The average molecular weight is 454 g/mol. The number of nitrogens with zero attached hydrogens (tertiary/aromatic N) is 2. The minimum absolute atomic E-state index is 0.127. The molecule has 0 radical (unpaired) electrons. The number of hydrogen-bond donors (Lipinski definition) is 2. The highest BCUT2D eigenvalue weighted by atomic mass is 16.5. The van der Waals surface area contributed by atoms with Gasteiger partial charge in [-0.25, -0.2) is 4.98 Å². The molecule has 7 heteroatoms. The van der Waals surface area contributed by atoms with Crippen LogP contribution in [0.5, 0.6) is 0 Å². The van der Waals surface area contributed by atoms with Crippen LogP contribution in [0.15, 0.2) is 35.9 Å². The summed E-state index contributed by atoms with van der Waals surface area (Å²) in [4.78, 5) is 28.3. The summed E-state index contributed by atoms with van der Waals surface area (Å²) in [5.41, 5.74) is 4.54. The second kappa shape index (κ2) is 11.4. The van der Waals surface area contributed by atoms with Crippen LogP contribution in [0.2, 0.25) is 0 Å². The Morgan fingerprint density at radius 2 is 2.06 bits per heavy atom. The Bertz CT molecular complexity index is 1060. The summed E-state index contributed by atoms with van der Waals surface area (Å²) in [6.07, 6.45) is 6.45. The molecule has 0 spiro atoms. The first-order valence-corrected chi connectivity index (χ1v) is 11.7. The number of ether oxygens (including phenoxy) is 1. The van der Waals surface area contributed by atoms with E-state index >= 15 is 0 Å². The first-order valence-electron chi connectivity index (χ1n) is 11.7. The Labute approximate surface area is 195 Å². The van der Waals surface area contributed by atoms with E-state index in [2.05, 4.69) is 16.0 Å². The fraction of sp³-hybridized carbons (Fsp3) is 0.500. The summed E-state index contributed by atoms with van der Waals surface area (Å²) in [6.45, 7) is 10.2. The minimum atomic E-state index is -0.874. The van der Waals surface area contributed by atoms with Gasteiger partial charge in [-0.1, -0.05) is 19.1 Å². The van der Waals surface area contributed by atoms with Crippen molar-refractivity contribution in [2.24, 2.45) is 5.92 Å². The molecule has 0 amide bonds. The Balaban J connectivity index is 2.00. The van der Waals surface area contributed by atoms with Gasteiger partial charge in [-0.05, 0) is 68.9 Å². The van der Waals surface area contributed by atoms with E-state index < -0.39 is 12.0 Å². The molecule has 1 fully saturated rings. The Kier molecular flexibility index (Phi) is 8.58. The number of fused-ring (bicyclic) bond motifs is 1. The van der Waals surface area contributed by atoms with Crippen molar-refractivity contribution >= 4 is 28.4 Å². The molecule has 1 atom stereocenters. The summed E-state index contributed by atoms with van der Waals surface area (Å²) in [6, 6.07) is 5.48. The molecular weight excluding hydrogens is 418 g/mol. The van der Waals surface area contributed by atoms with E-state index in [1.165, 1.54) is 0 Å². The molecule has 0 saturated carbocycles. The molecule has 1 aromatic carbocycles. The molecule has 1 aliphatic rings. The second-order valence-corrected chi connectivity index (χ2v) is 8.71. The number of carboxylic acids is 1. The summed E-state index contributed by atoms with van der Waals surface area (Å²) in [5, 5.41) is 12.1. The third-order valence-electron chi connectivity index (χ3n) is 6.28. The highest BCUT2D eigenvalue weighted by Crippen LogP contribution is 2.28.